The van der Waals surface area contributed by atoms with Gasteiger partial charge in [0.1, 0.15) is 24.0 Å². The van der Waals surface area contributed by atoms with Gasteiger partial charge in [0, 0.05) is 18.7 Å². The summed E-state index contributed by atoms with van der Waals surface area (Å²) >= 11 is 0. The standard InChI is InChI=1S/C24H22N2OP.BrH/c1-26-24(17-18-25-26)28(21-13-7-3-8-14-21,22-15-9-4-10-16-22)19-23(27)20-11-5-2-6-12-20;/h2-18H,19H2,1H3;1H/q+1;/p-1. The van der Waals surface area contributed by atoms with E-state index in [-0.39, 0.29) is 22.8 Å². The number of Topliss-reactive ketones (excluding diaryl/α,β-unsaturated/α-hetero) is 1. The van der Waals surface area contributed by atoms with E-state index in [0.29, 0.717) is 6.16 Å². The molecule has 0 saturated heterocycles. The van der Waals surface area contributed by atoms with E-state index in [4.69, 9.17) is 0 Å². The fourth-order valence-corrected chi connectivity index (χ4v) is 7.91. The smallest absolute Gasteiger partial charge is 0.201 e. The van der Waals surface area contributed by atoms with Crippen molar-refractivity contribution in [1.82, 2.24) is 9.78 Å². The number of aromatic nitrogens is 2. The molecule has 1 heterocycles. The average Bonchev–Trinajstić information content (AvgIpc) is 3.20. The Morgan fingerprint density at radius 3 is 1.72 bits per heavy atom. The molecule has 0 aliphatic rings. The number of ketones is 1. The van der Waals surface area contributed by atoms with Crippen molar-refractivity contribution in [2.75, 3.05) is 6.16 Å². The Kier molecular flexibility index (Phi) is 6.79. The van der Waals surface area contributed by atoms with Gasteiger partial charge in [0.15, 0.2) is 5.44 Å². The van der Waals surface area contributed by atoms with E-state index in [0.717, 1.165) is 11.0 Å². The van der Waals surface area contributed by atoms with Crippen LogP contribution in [0.15, 0.2) is 103 Å². The van der Waals surface area contributed by atoms with Gasteiger partial charge in [-0.1, -0.05) is 66.7 Å². The number of hydrogen-bond donors (Lipinski definition) is 0. The molecule has 0 unspecified atom stereocenters. The maximum atomic E-state index is 13.4. The number of benzene rings is 3. The summed E-state index contributed by atoms with van der Waals surface area (Å²) in [7, 11) is -0.252. The van der Waals surface area contributed by atoms with Crippen LogP contribution < -0.4 is 33.0 Å². The maximum Gasteiger partial charge on any atom is 0.201 e. The molecule has 5 heteroatoms. The zero-order valence-corrected chi connectivity index (χ0v) is 18.6. The third-order valence-corrected chi connectivity index (χ3v) is 9.40. The van der Waals surface area contributed by atoms with Crippen molar-refractivity contribution >= 4 is 29.1 Å². The molecule has 1 aromatic heterocycles. The molecular weight excluding hydrogens is 443 g/mol. The number of carbonyl (C=O) groups is 1. The van der Waals surface area contributed by atoms with Crippen LogP contribution in [-0.4, -0.2) is 21.7 Å². The minimum atomic E-state index is -2.21. The molecule has 3 nitrogen and oxygen atoms in total. The van der Waals surface area contributed by atoms with Crippen LogP contribution in [0.4, 0.5) is 0 Å². The van der Waals surface area contributed by atoms with Gasteiger partial charge < -0.3 is 17.0 Å². The molecule has 0 spiro atoms. The largest absolute Gasteiger partial charge is 1.00 e. The third-order valence-electron chi connectivity index (χ3n) is 5.06. The lowest BCUT2D eigenvalue weighted by molar-refractivity contribution is -0.0000134. The highest BCUT2D eigenvalue weighted by Gasteiger charge is 2.49. The molecule has 0 aliphatic heterocycles. The molecular formula is C24H22BrN2OP. The molecule has 0 amide bonds. The SMILES string of the molecule is Cn1nccc1[P+](CC(=O)c1ccccc1)(c1ccccc1)c1ccccc1.[Br-]. The quantitative estimate of drug-likeness (QED) is 0.309. The van der Waals surface area contributed by atoms with E-state index in [1.165, 1.54) is 10.6 Å². The van der Waals surface area contributed by atoms with E-state index in [2.05, 4.69) is 59.7 Å². The lowest BCUT2D eigenvalue weighted by Crippen LogP contribution is -3.00. The summed E-state index contributed by atoms with van der Waals surface area (Å²) < 4.78 is 1.92. The molecule has 29 heavy (non-hydrogen) atoms. The zero-order valence-electron chi connectivity index (χ0n) is 16.1. The van der Waals surface area contributed by atoms with Crippen molar-refractivity contribution in [1.29, 1.82) is 0 Å². The minimum Gasteiger partial charge on any atom is -1.00 e. The van der Waals surface area contributed by atoms with Crippen LogP contribution in [0.25, 0.3) is 0 Å². The Balaban J connectivity index is 0.00000240. The summed E-state index contributed by atoms with van der Waals surface area (Å²) in [5.41, 5.74) is 1.86. The highest BCUT2D eigenvalue weighted by Crippen LogP contribution is 2.55. The van der Waals surface area contributed by atoms with Gasteiger partial charge in [0.05, 0.1) is 6.20 Å². The Morgan fingerprint density at radius 1 is 0.793 bits per heavy atom. The van der Waals surface area contributed by atoms with Crippen LogP contribution >= 0.6 is 7.26 Å². The minimum absolute atomic E-state index is 0. The number of nitrogens with zero attached hydrogens (tertiary/aromatic N) is 2. The summed E-state index contributed by atoms with van der Waals surface area (Å²) in [5, 5.41) is 6.82. The van der Waals surface area contributed by atoms with E-state index in [1.807, 2.05) is 60.4 Å². The molecule has 0 radical (unpaired) electrons. The fourth-order valence-electron chi connectivity index (χ4n) is 3.71. The van der Waals surface area contributed by atoms with Crippen molar-refractivity contribution in [3.8, 4) is 0 Å². The molecule has 146 valence electrons. The lowest BCUT2D eigenvalue weighted by atomic mass is 10.2. The van der Waals surface area contributed by atoms with Gasteiger partial charge in [-0.15, -0.1) is 0 Å². The van der Waals surface area contributed by atoms with Gasteiger partial charge in [-0.2, -0.15) is 5.10 Å². The van der Waals surface area contributed by atoms with Crippen LogP contribution in [0, 0.1) is 0 Å². The van der Waals surface area contributed by atoms with Crippen molar-refractivity contribution in [3.63, 3.8) is 0 Å². The molecule has 3 aromatic carbocycles. The zero-order chi connectivity index (χ0) is 19.4. The highest BCUT2D eigenvalue weighted by molar-refractivity contribution is 7.96. The van der Waals surface area contributed by atoms with Crippen molar-refractivity contribution < 1.29 is 21.8 Å². The molecule has 0 aliphatic carbocycles. The predicted octanol–water partition coefficient (Wildman–Crippen LogP) is 0.601. The first kappa shape index (κ1) is 21.2. The lowest BCUT2D eigenvalue weighted by Gasteiger charge is -2.26. The van der Waals surface area contributed by atoms with Crippen LogP contribution in [-0.2, 0) is 7.05 Å². The van der Waals surface area contributed by atoms with E-state index in [9.17, 15) is 4.79 Å². The third kappa shape index (κ3) is 4.10. The van der Waals surface area contributed by atoms with Gasteiger partial charge >= 0.3 is 0 Å². The summed E-state index contributed by atoms with van der Waals surface area (Å²) in [4.78, 5) is 13.4. The number of carbonyl (C=O) groups excluding carboxylic acids is 1. The van der Waals surface area contributed by atoms with Crippen molar-refractivity contribution in [2.45, 2.75) is 0 Å². The topological polar surface area (TPSA) is 34.9 Å². The van der Waals surface area contributed by atoms with Crippen molar-refractivity contribution in [3.05, 3.63) is 109 Å². The van der Waals surface area contributed by atoms with Gasteiger partial charge in [-0.25, -0.2) is 4.68 Å². The van der Waals surface area contributed by atoms with Crippen LogP contribution in [0.3, 0.4) is 0 Å². The van der Waals surface area contributed by atoms with Crippen molar-refractivity contribution in [2.24, 2.45) is 7.05 Å². The second-order valence-electron chi connectivity index (χ2n) is 6.74. The van der Waals surface area contributed by atoms with Gasteiger partial charge in [-0.05, 0) is 24.3 Å². The summed E-state index contributed by atoms with van der Waals surface area (Å²) in [6.07, 6.45) is 2.26. The monoisotopic (exact) mass is 464 g/mol. The number of hydrogen-bond acceptors (Lipinski definition) is 2. The summed E-state index contributed by atoms with van der Waals surface area (Å²) in [6.45, 7) is 0. The molecule has 0 N–H and O–H groups in total. The first-order valence-electron chi connectivity index (χ1n) is 9.28. The first-order valence-corrected chi connectivity index (χ1v) is 11.3. The Bertz CT molecular complexity index is 1030. The van der Waals surface area contributed by atoms with Gasteiger partial charge in [0.25, 0.3) is 0 Å². The molecule has 0 bridgehead atoms. The summed E-state index contributed by atoms with van der Waals surface area (Å²) in [5.74, 6) is 0.155. The van der Waals surface area contributed by atoms with E-state index < -0.39 is 7.26 Å². The molecule has 0 fully saturated rings. The van der Waals surface area contributed by atoms with E-state index in [1.54, 1.807) is 0 Å². The first-order chi connectivity index (χ1) is 13.7. The molecule has 4 aromatic rings. The van der Waals surface area contributed by atoms with Crippen LogP contribution in [0.1, 0.15) is 10.4 Å². The summed E-state index contributed by atoms with van der Waals surface area (Å²) in [6, 6.07) is 32.5. The average molecular weight is 465 g/mol. The molecule has 0 saturated carbocycles. The predicted molar refractivity (Wildman–Crippen MR) is 118 cm³/mol. The second-order valence-corrected chi connectivity index (χ2v) is 10.2. The Labute approximate surface area is 182 Å². The Hall–Kier alpha value is -2.55. The number of aryl methyl sites for hydroxylation is 1. The maximum absolute atomic E-state index is 13.4. The number of halogens is 1. The normalized spacial score (nSPS) is 10.9. The number of rotatable bonds is 6. The Morgan fingerprint density at radius 2 is 1.28 bits per heavy atom. The van der Waals surface area contributed by atoms with E-state index >= 15 is 0 Å². The van der Waals surface area contributed by atoms with Gasteiger partial charge in [0.2, 0.25) is 5.78 Å². The second kappa shape index (κ2) is 9.30. The fraction of sp³-hybridized carbons (Fsp3) is 0.0833. The molecule has 0 atom stereocenters. The van der Waals surface area contributed by atoms with Gasteiger partial charge in [-0.3, -0.25) is 4.79 Å². The molecule has 4 rings (SSSR count). The van der Waals surface area contributed by atoms with Crippen LogP contribution in [0.5, 0.6) is 0 Å². The highest BCUT2D eigenvalue weighted by atomic mass is 79.9. The van der Waals surface area contributed by atoms with Crippen LogP contribution in [0.2, 0.25) is 0 Å².